The lowest BCUT2D eigenvalue weighted by molar-refractivity contribution is 0.0939. The van der Waals surface area contributed by atoms with Gasteiger partial charge >= 0.3 is 0 Å². The van der Waals surface area contributed by atoms with E-state index in [4.69, 9.17) is 4.42 Å². The third-order valence-electron chi connectivity index (χ3n) is 4.91. The first-order valence-corrected chi connectivity index (χ1v) is 10.7. The van der Waals surface area contributed by atoms with E-state index < -0.39 is 0 Å². The number of carbonyl (C=O) groups excluding carboxylic acids is 1. The number of furan rings is 1. The molecule has 2 aromatic heterocycles. The van der Waals surface area contributed by atoms with Gasteiger partial charge in [-0.15, -0.1) is 0 Å². The Morgan fingerprint density at radius 1 is 1.13 bits per heavy atom. The number of benzene rings is 2. The smallest absolute Gasteiger partial charge is 0.251 e. The zero-order chi connectivity index (χ0) is 20.9. The Bertz CT molecular complexity index is 1070. The van der Waals surface area contributed by atoms with Gasteiger partial charge in [0.1, 0.15) is 5.76 Å². The molecule has 30 heavy (non-hydrogen) atoms. The van der Waals surface area contributed by atoms with Gasteiger partial charge in [-0.05, 0) is 56.1 Å². The highest BCUT2D eigenvalue weighted by atomic mass is 32.2. The molecule has 0 saturated heterocycles. The lowest BCUT2D eigenvalue weighted by Crippen LogP contribution is -2.34. The molecule has 2 N–H and O–H groups in total. The van der Waals surface area contributed by atoms with Crippen LogP contribution in [0.15, 0.2) is 76.5 Å². The van der Waals surface area contributed by atoms with Gasteiger partial charge < -0.3 is 14.7 Å². The van der Waals surface area contributed by atoms with Gasteiger partial charge in [0.05, 0.1) is 23.3 Å². The number of rotatable bonds is 8. The number of nitrogens with zero attached hydrogens (tertiary/aromatic N) is 2. The summed E-state index contributed by atoms with van der Waals surface area (Å²) in [5, 5.41) is 3.89. The molecule has 1 amide bonds. The highest BCUT2D eigenvalue weighted by Gasteiger charge is 2.18. The van der Waals surface area contributed by atoms with Gasteiger partial charge in [-0.3, -0.25) is 9.69 Å². The number of hydrogen-bond donors (Lipinski definition) is 2. The van der Waals surface area contributed by atoms with E-state index in [1.54, 1.807) is 18.0 Å². The van der Waals surface area contributed by atoms with Crippen LogP contribution in [-0.4, -0.2) is 41.4 Å². The number of thioether (sulfide) groups is 1. The van der Waals surface area contributed by atoms with E-state index in [0.717, 1.165) is 33.3 Å². The van der Waals surface area contributed by atoms with Crippen molar-refractivity contribution in [1.29, 1.82) is 0 Å². The number of carbonyl (C=O) groups is 1. The molecule has 0 aliphatic carbocycles. The number of amides is 1. The molecule has 0 spiro atoms. The normalized spacial score (nSPS) is 12.4. The van der Waals surface area contributed by atoms with Gasteiger partial charge in [0, 0.05) is 17.9 Å². The molecular weight excluding hydrogens is 396 g/mol. The summed E-state index contributed by atoms with van der Waals surface area (Å²) >= 11 is 1.65. The van der Waals surface area contributed by atoms with Gasteiger partial charge in [-0.25, -0.2) is 4.98 Å². The Morgan fingerprint density at radius 3 is 2.63 bits per heavy atom. The minimum Gasteiger partial charge on any atom is -0.468 e. The van der Waals surface area contributed by atoms with E-state index >= 15 is 0 Å². The zero-order valence-electron chi connectivity index (χ0n) is 17.0. The summed E-state index contributed by atoms with van der Waals surface area (Å²) in [6.45, 7) is 0.475. The third-order valence-corrected chi connectivity index (χ3v) is 5.85. The molecule has 1 atom stereocenters. The van der Waals surface area contributed by atoms with Crippen LogP contribution >= 0.6 is 11.8 Å². The molecule has 0 aliphatic heterocycles. The number of H-pyrrole nitrogens is 1. The lowest BCUT2D eigenvalue weighted by atomic mass is 10.1. The molecular formula is C23H24N4O2S. The molecule has 4 aromatic rings. The maximum Gasteiger partial charge on any atom is 0.251 e. The van der Waals surface area contributed by atoms with Gasteiger partial charge in [-0.2, -0.15) is 0 Å². The summed E-state index contributed by atoms with van der Waals surface area (Å²) < 4.78 is 5.49. The average molecular weight is 421 g/mol. The molecule has 0 bridgehead atoms. The average Bonchev–Trinajstić information content (AvgIpc) is 3.42. The van der Waals surface area contributed by atoms with E-state index in [0.29, 0.717) is 12.1 Å². The fourth-order valence-electron chi connectivity index (χ4n) is 3.21. The Labute approximate surface area is 179 Å². The van der Waals surface area contributed by atoms with Crippen LogP contribution in [0, 0.1) is 0 Å². The second kappa shape index (κ2) is 9.19. The van der Waals surface area contributed by atoms with Crippen molar-refractivity contribution in [3.63, 3.8) is 0 Å². The fourth-order valence-corrected chi connectivity index (χ4v) is 4.05. The van der Waals surface area contributed by atoms with E-state index in [9.17, 15) is 4.79 Å². The molecule has 0 unspecified atom stereocenters. The highest BCUT2D eigenvalue weighted by Crippen LogP contribution is 2.23. The Balaban J connectivity index is 1.32. The van der Waals surface area contributed by atoms with E-state index in [1.165, 1.54) is 0 Å². The molecule has 2 heterocycles. The van der Waals surface area contributed by atoms with E-state index in [1.807, 2.05) is 79.7 Å². The van der Waals surface area contributed by atoms with Crippen molar-refractivity contribution >= 4 is 28.7 Å². The molecule has 0 fully saturated rings. The minimum atomic E-state index is -0.0927. The van der Waals surface area contributed by atoms with Crippen LogP contribution in [0.4, 0.5) is 0 Å². The number of imidazole rings is 1. The maximum atomic E-state index is 12.6. The zero-order valence-corrected chi connectivity index (χ0v) is 17.8. The summed E-state index contributed by atoms with van der Waals surface area (Å²) in [7, 11) is 3.93. The van der Waals surface area contributed by atoms with Crippen molar-refractivity contribution in [3.05, 3.63) is 83.8 Å². The number of fused-ring (bicyclic) bond motifs is 1. The van der Waals surface area contributed by atoms with Gasteiger partial charge in [0.15, 0.2) is 5.16 Å². The minimum absolute atomic E-state index is 0.0107. The molecule has 0 saturated carbocycles. The number of para-hydroxylation sites is 2. The summed E-state index contributed by atoms with van der Waals surface area (Å²) in [5.74, 6) is 1.52. The largest absolute Gasteiger partial charge is 0.468 e. The topological polar surface area (TPSA) is 74.2 Å². The quantitative estimate of drug-likeness (QED) is 0.411. The third kappa shape index (κ3) is 4.75. The summed E-state index contributed by atoms with van der Waals surface area (Å²) in [6.07, 6.45) is 1.65. The summed E-state index contributed by atoms with van der Waals surface area (Å²) in [4.78, 5) is 22.5. The predicted octanol–water partition coefficient (Wildman–Crippen LogP) is 4.48. The molecule has 0 radical (unpaired) electrons. The number of nitrogens with one attached hydrogen (secondary N) is 2. The monoisotopic (exact) mass is 420 g/mol. The SMILES string of the molecule is CN(C)[C@@H](CNC(=O)c1ccc(CSc2nc3ccccc3[nH]2)cc1)c1ccco1. The highest BCUT2D eigenvalue weighted by molar-refractivity contribution is 7.98. The lowest BCUT2D eigenvalue weighted by Gasteiger charge is -2.22. The summed E-state index contributed by atoms with van der Waals surface area (Å²) in [6, 6.07) is 19.5. The predicted molar refractivity (Wildman–Crippen MR) is 120 cm³/mol. The van der Waals surface area contributed by atoms with Crippen molar-refractivity contribution in [2.24, 2.45) is 0 Å². The molecule has 7 heteroatoms. The standard InChI is InChI=1S/C23H24N4O2S/c1-27(2)20(21-8-5-13-29-21)14-24-22(28)17-11-9-16(10-12-17)15-30-23-25-18-6-3-4-7-19(18)26-23/h3-13,20H,14-15H2,1-2H3,(H,24,28)(H,25,26)/t20-/m0/s1. The molecule has 6 nitrogen and oxygen atoms in total. The summed E-state index contributed by atoms with van der Waals surface area (Å²) in [5.41, 5.74) is 3.79. The van der Waals surface area contributed by atoms with E-state index in [2.05, 4.69) is 15.3 Å². The van der Waals surface area contributed by atoms with Crippen molar-refractivity contribution in [1.82, 2.24) is 20.2 Å². The fraction of sp³-hybridized carbons (Fsp3) is 0.217. The second-order valence-corrected chi connectivity index (χ2v) is 8.21. The maximum absolute atomic E-state index is 12.6. The number of hydrogen-bond acceptors (Lipinski definition) is 5. The Kier molecular flexibility index (Phi) is 6.21. The van der Waals surface area contributed by atoms with Crippen molar-refractivity contribution in [2.75, 3.05) is 20.6 Å². The van der Waals surface area contributed by atoms with Crippen molar-refractivity contribution in [2.45, 2.75) is 17.0 Å². The molecule has 0 aliphatic rings. The Hall–Kier alpha value is -3.03. The van der Waals surface area contributed by atoms with Crippen LogP contribution in [0.1, 0.15) is 27.7 Å². The van der Waals surface area contributed by atoms with Crippen molar-refractivity contribution < 1.29 is 9.21 Å². The van der Waals surface area contributed by atoms with Crippen molar-refractivity contribution in [3.8, 4) is 0 Å². The second-order valence-electron chi connectivity index (χ2n) is 7.25. The van der Waals surface area contributed by atoms with Crippen LogP contribution in [-0.2, 0) is 5.75 Å². The van der Waals surface area contributed by atoms with Gasteiger partial charge in [0.2, 0.25) is 0 Å². The first kappa shape index (κ1) is 20.3. The van der Waals surface area contributed by atoms with Crippen LogP contribution in [0.3, 0.4) is 0 Å². The first-order chi connectivity index (χ1) is 14.6. The van der Waals surface area contributed by atoms with Crippen LogP contribution < -0.4 is 5.32 Å². The first-order valence-electron chi connectivity index (χ1n) is 9.74. The van der Waals surface area contributed by atoms with Crippen LogP contribution in [0.25, 0.3) is 11.0 Å². The van der Waals surface area contributed by atoms with Crippen LogP contribution in [0.2, 0.25) is 0 Å². The molecule has 154 valence electrons. The number of aromatic nitrogens is 2. The van der Waals surface area contributed by atoms with Gasteiger partial charge in [-0.1, -0.05) is 36.0 Å². The number of aromatic amines is 1. The number of likely N-dealkylation sites (N-methyl/N-ethyl adjacent to an activating group) is 1. The Morgan fingerprint density at radius 2 is 1.93 bits per heavy atom. The molecule has 2 aromatic carbocycles. The van der Waals surface area contributed by atoms with E-state index in [-0.39, 0.29) is 11.9 Å². The van der Waals surface area contributed by atoms with Gasteiger partial charge in [0.25, 0.3) is 5.91 Å². The molecule has 4 rings (SSSR count). The van der Waals surface area contributed by atoms with Crippen LogP contribution in [0.5, 0.6) is 0 Å².